The van der Waals surface area contributed by atoms with E-state index in [4.69, 9.17) is 33.2 Å². The highest BCUT2D eigenvalue weighted by atomic mass is 32.2. The molecule has 0 saturated carbocycles. The van der Waals surface area contributed by atoms with E-state index in [0.29, 0.717) is 46.2 Å². The molecule has 5 atom stereocenters. The van der Waals surface area contributed by atoms with Crippen molar-refractivity contribution in [1.29, 1.82) is 0 Å². The highest BCUT2D eigenvalue weighted by Gasteiger charge is 2.64. The summed E-state index contributed by atoms with van der Waals surface area (Å²) in [5, 5.41) is 2.98. The Labute approximate surface area is 207 Å². The van der Waals surface area contributed by atoms with Crippen LogP contribution >= 0.6 is 0 Å². The zero-order chi connectivity index (χ0) is 25.5. The fourth-order valence-corrected chi connectivity index (χ4v) is 5.06. The van der Waals surface area contributed by atoms with Crippen LogP contribution in [-0.4, -0.2) is 116 Å². The molecule has 0 aliphatic carbocycles. The summed E-state index contributed by atoms with van der Waals surface area (Å²) in [6, 6.07) is -0.246. The Bertz CT molecular complexity index is 792. The molecule has 0 aromatic heterocycles. The number of amides is 1. The van der Waals surface area contributed by atoms with Crippen LogP contribution in [0.1, 0.15) is 33.6 Å². The van der Waals surface area contributed by atoms with Crippen LogP contribution in [0.2, 0.25) is 0 Å². The number of carbonyl (C=O) groups is 1. The minimum absolute atomic E-state index is 0.0108. The predicted octanol–water partition coefficient (Wildman–Crippen LogP) is -0.0148. The third-order valence-corrected chi connectivity index (χ3v) is 6.59. The van der Waals surface area contributed by atoms with Gasteiger partial charge in [0, 0.05) is 6.92 Å². The third kappa shape index (κ3) is 8.58. The lowest BCUT2D eigenvalue weighted by molar-refractivity contribution is -0.205. The van der Waals surface area contributed by atoms with Crippen molar-refractivity contribution in [3.63, 3.8) is 0 Å². The largest absolute Gasteiger partial charge is 0.377 e. The lowest BCUT2D eigenvalue weighted by atomic mass is 9.88. The molecule has 2 bridgehead atoms. The number of rotatable bonds is 16. The second kappa shape index (κ2) is 12.6. The molecule has 3 rings (SSSR count). The van der Waals surface area contributed by atoms with Gasteiger partial charge < -0.3 is 38.5 Å². The fraction of sp³-hybridized carbons (Fsp3) is 0.955. The first-order valence-corrected chi connectivity index (χ1v) is 13.8. The molecule has 0 radical (unpaired) electrons. The van der Waals surface area contributed by atoms with Crippen LogP contribution in [0.3, 0.4) is 0 Å². The Hall–Kier alpha value is -0.900. The summed E-state index contributed by atoms with van der Waals surface area (Å²) in [4.78, 5) is 11.7. The molecular formula is C22H39NO11S. The summed E-state index contributed by atoms with van der Waals surface area (Å²) < 4.78 is 67.0. The maximum Gasteiger partial charge on any atom is 0.264 e. The first kappa shape index (κ1) is 28.7. The van der Waals surface area contributed by atoms with Crippen molar-refractivity contribution >= 4 is 16.0 Å². The SMILES string of the molecule is CC(=O)N[C@@H]1[C@H]2OC(C)(C)O[C@H]2[C@]2(COCCOCCOCCOCCOS(C)(=O)=O)CC[C@H]1O2. The van der Waals surface area contributed by atoms with Gasteiger partial charge in [0.25, 0.3) is 10.1 Å². The first-order valence-electron chi connectivity index (χ1n) is 12.0. The Morgan fingerprint density at radius 3 is 2.06 bits per heavy atom. The molecule has 35 heavy (non-hydrogen) atoms. The van der Waals surface area contributed by atoms with Gasteiger partial charge in [0.1, 0.15) is 17.8 Å². The monoisotopic (exact) mass is 525 g/mol. The van der Waals surface area contributed by atoms with Crippen molar-refractivity contribution in [3.05, 3.63) is 0 Å². The molecule has 0 aromatic carbocycles. The van der Waals surface area contributed by atoms with Crippen molar-refractivity contribution in [2.45, 2.75) is 69.4 Å². The average molecular weight is 526 g/mol. The third-order valence-electron chi connectivity index (χ3n) is 6.00. The summed E-state index contributed by atoms with van der Waals surface area (Å²) in [6.07, 6.45) is 1.81. The molecule has 204 valence electrons. The van der Waals surface area contributed by atoms with Gasteiger partial charge in [0.05, 0.1) is 77.9 Å². The summed E-state index contributed by atoms with van der Waals surface area (Å²) in [6.45, 7) is 8.11. The summed E-state index contributed by atoms with van der Waals surface area (Å²) in [5.41, 5.74) is -0.604. The second-order valence-electron chi connectivity index (χ2n) is 9.42. The lowest BCUT2D eigenvalue weighted by Crippen LogP contribution is -2.64. The molecule has 3 aliphatic rings. The molecule has 12 nitrogen and oxygen atoms in total. The summed E-state index contributed by atoms with van der Waals surface area (Å²) in [5.74, 6) is -0.875. The molecule has 1 N–H and O–H groups in total. The van der Waals surface area contributed by atoms with Crippen LogP contribution in [0.15, 0.2) is 0 Å². The Morgan fingerprint density at radius 2 is 1.49 bits per heavy atom. The number of carbonyl (C=O) groups excluding carboxylic acids is 1. The highest BCUT2D eigenvalue weighted by molar-refractivity contribution is 7.85. The zero-order valence-corrected chi connectivity index (χ0v) is 21.8. The van der Waals surface area contributed by atoms with Crippen molar-refractivity contribution in [2.24, 2.45) is 0 Å². The number of nitrogens with one attached hydrogen (secondary N) is 1. The van der Waals surface area contributed by atoms with E-state index in [1.54, 1.807) is 0 Å². The van der Waals surface area contributed by atoms with Crippen LogP contribution in [0.25, 0.3) is 0 Å². The minimum Gasteiger partial charge on any atom is -0.377 e. The number of fused-ring (bicyclic) bond motifs is 4. The second-order valence-corrected chi connectivity index (χ2v) is 11.1. The molecular weight excluding hydrogens is 486 g/mol. The Morgan fingerprint density at radius 1 is 0.914 bits per heavy atom. The van der Waals surface area contributed by atoms with E-state index in [2.05, 4.69) is 9.50 Å². The van der Waals surface area contributed by atoms with Crippen LogP contribution in [0.5, 0.6) is 0 Å². The van der Waals surface area contributed by atoms with Gasteiger partial charge >= 0.3 is 0 Å². The molecule has 0 spiro atoms. The minimum atomic E-state index is -3.43. The van der Waals surface area contributed by atoms with Crippen LogP contribution in [0, 0.1) is 0 Å². The number of hydrogen-bond acceptors (Lipinski definition) is 11. The molecule has 3 fully saturated rings. The van der Waals surface area contributed by atoms with Gasteiger partial charge in [0.15, 0.2) is 5.79 Å². The average Bonchev–Trinajstić information content (AvgIpc) is 3.30. The lowest BCUT2D eigenvalue weighted by Gasteiger charge is -2.44. The Kier molecular flexibility index (Phi) is 10.3. The molecule has 3 heterocycles. The molecule has 0 aromatic rings. The van der Waals surface area contributed by atoms with Gasteiger partial charge in [-0.2, -0.15) is 8.42 Å². The number of hydrogen-bond donors (Lipinski definition) is 1. The highest BCUT2D eigenvalue weighted by Crippen LogP contribution is 2.49. The van der Waals surface area contributed by atoms with E-state index in [1.807, 2.05) is 13.8 Å². The topological polar surface area (TPSA) is 137 Å². The van der Waals surface area contributed by atoms with Gasteiger partial charge in [-0.25, -0.2) is 0 Å². The van der Waals surface area contributed by atoms with E-state index in [1.165, 1.54) is 6.92 Å². The van der Waals surface area contributed by atoms with Crippen LogP contribution < -0.4 is 5.32 Å². The fourth-order valence-electron chi connectivity index (χ4n) is 4.69. The number of ether oxygens (including phenoxy) is 7. The normalized spacial score (nSPS) is 31.4. The predicted molar refractivity (Wildman–Crippen MR) is 122 cm³/mol. The van der Waals surface area contributed by atoms with Gasteiger partial charge in [-0.15, -0.1) is 0 Å². The van der Waals surface area contributed by atoms with Crippen LogP contribution in [0.4, 0.5) is 0 Å². The summed E-state index contributed by atoms with van der Waals surface area (Å²) in [7, 11) is -3.43. The van der Waals surface area contributed by atoms with E-state index >= 15 is 0 Å². The van der Waals surface area contributed by atoms with E-state index in [0.717, 1.165) is 19.1 Å². The molecule has 0 unspecified atom stereocenters. The van der Waals surface area contributed by atoms with E-state index in [9.17, 15) is 13.2 Å². The van der Waals surface area contributed by atoms with E-state index in [-0.39, 0.29) is 43.5 Å². The maximum atomic E-state index is 11.7. The standard InChI is InChI=1S/C22H39NO11S/c1-16(24)23-18-17-5-6-22(32-17,20-19(18)33-21(2,3)34-20)15-30-12-11-28-8-7-27-9-10-29-13-14-31-35(4,25)26/h17-20H,5-15H2,1-4H3,(H,23,24)/t17-,18+,19-,20-,22-/m1/s1. The quantitative estimate of drug-likeness (QED) is 0.215. The van der Waals surface area contributed by atoms with Crippen LogP contribution in [-0.2, 0) is 52.3 Å². The van der Waals surface area contributed by atoms with Gasteiger partial charge in [-0.1, -0.05) is 0 Å². The summed E-state index contributed by atoms with van der Waals surface area (Å²) >= 11 is 0. The van der Waals surface area contributed by atoms with Gasteiger partial charge in [-0.05, 0) is 26.7 Å². The van der Waals surface area contributed by atoms with Crippen molar-refractivity contribution in [2.75, 3.05) is 65.7 Å². The first-order chi connectivity index (χ1) is 16.5. The van der Waals surface area contributed by atoms with Gasteiger partial charge in [0.2, 0.25) is 5.91 Å². The molecule has 13 heteroatoms. The van der Waals surface area contributed by atoms with Crippen molar-refractivity contribution in [1.82, 2.24) is 5.32 Å². The molecule has 1 amide bonds. The van der Waals surface area contributed by atoms with E-state index < -0.39 is 21.5 Å². The smallest absolute Gasteiger partial charge is 0.264 e. The van der Waals surface area contributed by atoms with Crippen molar-refractivity contribution < 1.29 is 50.6 Å². The zero-order valence-electron chi connectivity index (χ0n) is 21.0. The molecule has 3 aliphatic heterocycles. The maximum absolute atomic E-state index is 11.7. The van der Waals surface area contributed by atoms with Crippen molar-refractivity contribution in [3.8, 4) is 0 Å². The Balaban J connectivity index is 1.27. The molecule has 3 saturated heterocycles. The van der Waals surface area contributed by atoms with Gasteiger partial charge in [-0.3, -0.25) is 8.98 Å².